The lowest BCUT2D eigenvalue weighted by molar-refractivity contribution is 0.230. The number of nitrogens with zero attached hydrogens (tertiary/aromatic N) is 3. The van der Waals surface area contributed by atoms with Crippen LogP contribution in [0.1, 0.15) is 38.4 Å². The van der Waals surface area contributed by atoms with Gasteiger partial charge >= 0.3 is 0 Å². The number of hydrogen-bond donors (Lipinski definition) is 2. The van der Waals surface area contributed by atoms with Crippen LogP contribution < -0.4 is 10.6 Å². The molecule has 5 nitrogen and oxygen atoms in total. The number of imidazole rings is 1. The third-order valence-corrected chi connectivity index (χ3v) is 4.29. The quantitative estimate of drug-likeness (QED) is 0.881. The molecule has 2 atom stereocenters. The molecule has 1 saturated carbocycles. The van der Waals surface area contributed by atoms with Gasteiger partial charge in [-0.15, -0.1) is 0 Å². The van der Waals surface area contributed by atoms with Crippen molar-refractivity contribution in [2.45, 2.75) is 38.1 Å². The highest BCUT2D eigenvalue weighted by Gasteiger charge is 2.35. The standard InChI is InChI=1S/C15H23N5/c1-10-5-4-8-15(16,9-10)14-17-11-6-7-12(20(2)3)18-13(11)19-14/h6-7,10H,4-5,8-9,16H2,1-3H3,(H,17,18,19). The van der Waals surface area contributed by atoms with Gasteiger partial charge in [0.05, 0.1) is 11.1 Å². The molecule has 0 aliphatic heterocycles. The van der Waals surface area contributed by atoms with Crippen LogP contribution in [0, 0.1) is 5.92 Å². The van der Waals surface area contributed by atoms with Crippen LogP contribution in [0.5, 0.6) is 0 Å². The summed E-state index contributed by atoms with van der Waals surface area (Å²) in [5, 5.41) is 0. The Bertz CT molecular complexity index is 618. The van der Waals surface area contributed by atoms with E-state index in [2.05, 4.69) is 21.9 Å². The lowest BCUT2D eigenvalue weighted by Gasteiger charge is -2.34. The average Bonchev–Trinajstić information content (AvgIpc) is 2.81. The molecule has 0 bridgehead atoms. The second kappa shape index (κ2) is 4.74. The summed E-state index contributed by atoms with van der Waals surface area (Å²) < 4.78 is 0. The van der Waals surface area contributed by atoms with Crippen LogP contribution in [0.4, 0.5) is 5.82 Å². The smallest absolute Gasteiger partial charge is 0.179 e. The largest absolute Gasteiger partial charge is 0.363 e. The van der Waals surface area contributed by atoms with Crippen molar-refractivity contribution in [1.82, 2.24) is 15.0 Å². The molecule has 1 fully saturated rings. The Balaban J connectivity index is 2.00. The fraction of sp³-hybridized carbons (Fsp3) is 0.600. The SMILES string of the molecule is CC1CCCC(N)(c2nc3nc(N(C)C)ccc3[nH]2)C1. The maximum absolute atomic E-state index is 6.60. The second-order valence-corrected chi connectivity index (χ2v) is 6.38. The number of fused-ring (bicyclic) bond motifs is 1. The molecule has 0 saturated heterocycles. The minimum absolute atomic E-state index is 0.323. The molecule has 2 aromatic heterocycles. The Hall–Kier alpha value is -1.62. The molecular weight excluding hydrogens is 250 g/mol. The highest BCUT2D eigenvalue weighted by Crippen LogP contribution is 2.37. The van der Waals surface area contributed by atoms with Crippen molar-refractivity contribution >= 4 is 17.0 Å². The fourth-order valence-electron chi connectivity index (χ4n) is 3.17. The first kappa shape index (κ1) is 13.4. The zero-order chi connectivity index (χ0) is 14.3. The number of H-pyrrole nitrogens is 1. The van der Waals surface area contributed by atoms with E-state index in [4.69, 9.17) is 5.73 Å². The summed E-state index contributed by atoms with van der Waals surface area (Å²) in [5.41, 5.74) is 8.00. The minimum Gasteiger partial charge on any atom is -0.363 e. The molecule has 3 N–H and O–H groups in total. The van der Waals surface area contributed by atoms with Crippen LogP contribution in [-0.4, -0.2) is 29.0 Å². The van der Waals surface area contributed by atoms with Crippen molar-refractivity contribution in [3.63, 3.8) is 0 Å². The summed E-state index contributed by atoms with van der Waals surface area (Å²) in [6, 6.07) is 4.03. The van der Waals surface area contributed by atoms with Crippen molar-refractivity contribution in [1.29, 1.82) is 0 Å². The van der Waals surface area contributed by atoms with Crippen LogP contribution in [0.15, 0.2) is 12.1 Å². The molecule has 20 heavy (non-hydrogen) atoms. The fourth-order valence-corrected chi connectivity index (χ4v) is 3.17. The van der Waals surface area contributed by atoms with Crippen LogP contribution in [0.25, 0.3) is 11.2 Å². The first-order chi connectivity index (χ1) is 9.48. The van der Waals surface area contributed by atoms with Gasteiger partial charge in [-0.05, 0) is 30.9 Å². The van der Waals surface area contributed by atoms with Crippen LogP contribution >= 0.6 is 0 Å². The molecule has 5 heteroatoms. The van der Waals surface area contributed by atoms with Gasteiger partial charge in [0.2, 0.25) is 0 Å². The zero-order valence-corrected chi connectivity index (χ0v) is 12.5. The summed E-state index contributed by atoms with van der Waals surface area (Å²) in [5.74, 6) is 2.47. The molecule has 2 unspecified atom stereocenters. The Morgan fingerprint density at radius 1 is 1.35 bits per heavy atom. The van der Waals surface area contributed by atoms with Gasteiger partial charge in [0.1, 0.15) is 11.6 Å². The number of aromatic nitrogens is 3. The van der Waals surface area contributed by atoms with Gasteiger partial charge in [-0.3, -0.25) is 0 Å². The molecule has 1 aliphatic carbocycles. The predicted octanol–water partition coefficient (Wildman–Crippen LogP) is 2.39. The van der Waals surface area contributed by atoms with Gasteiger partial charge in [0, 0.05) is 14.1 Å². The van der Waals surface area contributed by atoms with E-state index < -0.39 is 0 Å². The van der Waals surface area contributed by atoms with Gasteiger partial charge in [-0.25, -0.2) is 9.97 Å². The number of nitrogens with one attached hydrogen (secondary N) is 1. The van der Waals surface area contributed by atoms with Gasteiger partial charge < -0.3 is 15.6 Å². The first-order valence-electron chi connectivity index (χ1n) is 7.31. The molecule has 1 aliphatic rings. The number of nitrogens with two attached hydrogens (primary N) is 1. The third kappa shape index (κ3) is 2.26. The van der Waals surface area contributed by atoms with Crippen molar-refractivity contribution < 1.29 is 0 Å². The van der Waals surface area contributed by atoms with Crippen molar-refractivity contribution in [2.24, 2.45) is 11.7 Å². The maximum Gasteiger partial charge on any atom is 0.179 e. The van der Waals surface area contributed by atoms with Crippen LogP contribution in [0.2, 0.25) is 0 Å². The topological polar surface area (TPSA) is 70.8 Å². The van der Waals surface area contributed by atoms with Crippen molar-refractivity contribution in [3.8, 4) is 0 Å². The lowest BCUT2D eigenvalue weighted by atomic mass is 9.76. The maximum atomic E-state index is 6.60. The monoisotopic (exact) mass is 273 g/mol. The lowest BCUT2D eigenvalue weighted by Crippen LogP contribution is -2.42. The Labute approximate surface area is 119 Å². The summed E-state index contributed by atoms with van der Waals surface area (Å²) in [4.78, 5) is 14.6. The van der Waals surface area contributed by atoms with Crippen LogP contribution in [0.3, 0.4) is 0 Å². The van der Waals surface area contributed by atoms with Crippen molar-refractivity contribution in [3.05, 3.63) is 18.0 Å². The summed E-state index contributed by atoms with van der Waals surface area (Å²) >= 11 is 0. The molecule has 108 valence electrons. The number of pyridine rings is 1. The van der Waals surface area contributed by atoms with E-state index in [0.29, 0.717) is 5.92 Å². The van der Waals surface area contributed by atoms with E-state index in [1.807, 2.05) is 31.1 Å². The minimum atomic E-state index is -0.323. The van der Waals surface area contributed by atoms with E-state index in [1.165, 1.54) is 12.8 Å². The van der Waals surface area contributed by atoms with E-state index in [9.17, 15) is 0 Å². The molecule has 2 heterocycles. The molecule has 0 amide bonds. The normalized spacial score (nSPS) is 26.9. The van der Waals surface area contributed by atoms with Gasteiger partial charge in [-0.2, -0.15) is 0 Å². The van der Waals surface area contributed by atoms with E-state index in [0.717, 1.165) is 35.6 Å². The van der Waals surface area contributed by atoms with E-state index >= 15 is 0 Å². The summed E-state index contributed by atoms with van der Waals surface area (Å²) in [7, 11) is 3.96. The first-order valence-corrected chi connectivity index (χ1v) is 7.31. The van der Waals surface area contributed by atoms with Gasteiger partial charge in [0.15, 0.2) is 5.65 Å². The number of anilines is 1. The number of hydrogen-bond acceptors (Lipinski definition) is 4. The molecule has 2 aromatic rings. The molecule has 0 aromatic carbocycles. The molecule has 0 radical (unpaired) electrons. The summed E-state index contributed by atoms with van der Waals surface area (Å²) in [6.45, 7) is 2.27. The van der Waals surface area contributed by atoms with Gasteiger partial charge in [0.25, 0.3) is 0 Å². The Morgan fingerprint density at radius 2 is 2.15 bits per heavy atom. The highest BCUT2D eigenvalue weighted by atomic mass is 15.2. The highest BCUT2D eigenvalue weighted by molar-refractivity contribution is 5.73. The van der Waals surface area contributed by atoms with E-state index in [-0.39, 0.29) is 5.54 Å². The van der Waals surface area contributed by atoms with E-state index in [1.54, 1.807) is 0 Å². The number of rotatable bonds is 2. The molecule has 3 rings (SSSR count). The Morgan fingerprint density at radius 3 is 2.85 bits per heavy atom. The van der Waals surface area contributed by atoms with Crippen LogP contribution in [-0.2, 0) is 5.54 Å². The van der Waals surface area contributed by atoms with Crippen molar-refractivity contribution in [2.75, 3.05) is 19.0 Å². The molecular formula is C15H23N5. The number of aromatic amines is 1. The predicted molar refractivity (Wildman–Crippen MR) is 81.7 cm³/mol. The molecule has 0 spiro atoms. The second-order valence-electron chi connectivity index (χ2n) is 6.38. The Kier molecular flexibility index (Phi) is 3.17. The van der Waals surface area contributed by atoms with Gasteiger partial charge in [-0.1, -0.05) is 19.8 Å². The third-order valence-electron chi connectivity index (χ3n) is 4.29. The summed E-state index contributed by atoms with van der Waals surface area (Å²) in [6.07, 6.45) is 4.43. The zero-order valence-electron chi connectivity index (χ0n) is 12.5. The average molecular weight is 273 g/mol.